The molecule has 6 nitrogen and oxygen atoms in total. The van der Waals surface area contributed by atoms with Gasteiger partial charge in [0.25, 0.3) is 5.56 Å². The molecule has 14 heavy (non-hydrogen) atoms. The molecular weight excluding hydrogens is 220 g/mol. The van der Waals surface area contributed by atoms with Crippen molar-refractivity contribution in [2.45, 2.75) is 0 Å². The van der Waals surface area contributed by atoms with Crippen molar-refractivity contribution in [3.63, 3.8) is 0 Å². The van der Waals surface area contributed by atoms with Crippen LogP contribution in [0.5, 0.6) is 0 Å². The lowest BCUT2D eigenvalue weighted by atomic mass is 10.5. The Morgan fingerprint density at radius 2 is 2.50 bits per heavy atom. The van der Waals surface area contributed by atoms with Crippen molar-refractivity contribution in [2.24, 2.45) is 11.8 Å². The van der Waals surface area contributed by atoms with Gasteiger partial charge in [-0.05, 0) is 0 Å². The predicted octanol–water partition coefficient (Wildman–Crippen LogP) is 1.21. The van der Waals surface area contributed by atoms with Crippen molar-refractivity contribution in [1.82, 2.24) is 19.5 Å². The average Bonchev–Trinajstić information content (AvgIpc) is 2.49. The zero-order valence-corrected chi connectivity index (χ0v) is 9.35. The summed E-state index contributed by atoms with van der Waals surface area (Å²) in [5.41, 5.74) is 0.621. The van der Waals surface area contributed by atoms with E-state index in [0.717, 1.165) is 8.06 Å². The first kappa shape index (κ1) is 9.44. The Bertz CT molecular complexity index is 557. The van der Waals surface area contributed by atoms with Gasteiger partial charge in [0.1, 0.15) is 0 Å². The Kier molecular flexibility index (Phi) is 2.40. The van der Waals surface area contributed by atoms with Crippen LogP contribution in [0.15, 0.2) is 15.9 Å². The number of H-pyrrole nitrogens is 1. The quantitative estimate of drug-likeness (QED) is 0.744. The van der Waals surface area contributed by atoms with E-state index in [0.29, 0.717) is 17.1 Å². The van der Waals surface area contributed by atoms with Crippen LogP contribution in [0.1, 0.15) is 0 Å². The van der Waals surface area contributed by atoms with E-state index in [4.69, 9.17) is 0 Å². The molecule has 0 saturated heterocycles. The zero-order valence-electron chi connectivity index (χ0n) is 7.30. The Labute approximate surface area is 82.8 Å². The fraction of sp³-hybridized carbons (Fsp3) is 0.167. The molecule has 0 aliphatic rings. The lowest BCUT2D eigenvalue weighted by molar-refractivity contribution is 0.927. The van der Waals surface area contributed by atoms with E-state index < -0.39 is 0 Å². The van der Waals surface area contributed by atoms with Gasteiger partial charge < -0.3 is 4.57 Å². The van der Waals surface area contributed by atoms with Crippen molar-refractivity contribution in [3.8, 4) is 0 Å². The molecule has 0 aliphatic carbocycles. The van der Waals surface area contributed by atoms with Crippen molar-refractivity contribution in [1.29, 1.82) is 0 Å². The van der Waals surface area contributed by atoms with Gasteiger partial charge in [0, 0.05) is 15.1 Å². The Balaban J connectivity index is 2.82. The topological polar surface area (TPSA) is 75.9 Å². The molecule has 0 saturated carbocycles. The van der Waals surface area contributed by atoms with Gasteiger partial charge in [0.2, 0.25) is 5.95 Å². The van der Waals surface area contributed by atoms with Crippen LogP contribution in [0, 0.1) is 0 Å². The van der Waals surface area contributed by atoms with Gasteiger partial charge in [-0.1, -0.05) is 8.93 Å². The molecule has 0 bridgehead atoms. The van der Waals surface area contributed by atoms with E-state index in [1.165, 1.54) is 0 Å². The molecule has 2 heterocycles. The molecule has 0 aliphatic heterocycles. The molecule has 0 spiro atoms. The number of aromatic nitrogens is 4. The highest BCUT2D eigenvalue weighted by molar-refractivity contribution is 7.97. The van der Waals surface area contributed by atoms with E-state index >= 15 is 0 Å². The third kappa shape index (κ3) is 1.47. The van der Waals surface area contributed by atoms with Gasteiger partial charge in [0.15, 0.2) is 11.2 Å². The average molecular weight is 227 g/mol. The monoisotopic (exact) mass is 227 g/mol. The highest BCUT2D eigenvalue weighted by Crippen LogP contribution is 2.17. The summed E-state index contributed by atoms with van der Waals surface area (Å²) in [6.45, 7) is 0. The van der Waals surface area contributed by atoms with Crippen molar-refractivity contribution in [2.75, 3.05) is 0 Å². The SMILES string of the molecule is Cn1cnc2c(=O)[nH]c(N=PP)nc21. The summed E-state index contributed by atoms with van der Waals surface area (Å²) in [5.74, 6) is 0.322. The maximum atomic E-state index is 11.4. The second-order valence-corrected chi connectivity index (χ2v) is 3.76. The Morgan fingerprint density at radius 3 is 3.21 bits per heavy atom. The van der Waals surface area contributed by atoms with Crippen LogP contribution < -0.4 is 5.56 Å². The third-order valence-electron chi connectivity index (χ3n) is 1.71. The fourth-order valence-corrected chi connectivity index (χ4v) is 1.64. The maximum absolute atomic E-state index is 11.4. The van der Waals surface area contributed by atoms with Crippen LogP contribution >= 0.6 is 17.0 Å². The first-order chi connectivity index (χ1) is 6.72. The van der Waals surface area contributed by atoms with E-state index in [-0.39, 0.29) is 5.56 Å². The summed E-state index contributed by atoms with van der Waals surface area (Å²) in [6, 6.07) is 0. The summed E-state index contributed by atoms with van der Waals surface area (Å²) in [4.78, 5) is 22.1. The second-order valence-electron chi connectivity index (χ2n) is 2.63. The normalized spacial score (nSPS) is 11.6. The molecule has 1 N–H and O–H groups in total. The van der Waals surface area contributed by atoms with Gasteiger partial charge >= 0.3 is 0 Å². The minimum atomic E-state index is -0.261. The molecule has 72 valence electrons. The molecule has 0 radical (unpaired) electrons. The highest BCUT2D eigenvalue weighted by Gasteiger charge is 2.06. The molecule has 2 rings (SSSR count). The molecule has 0 amide bonds. The van der Waals surface area contributed by atoms with Crippen LogP contribution in [-0.2, 0) is 7.05 Å². The van der Waals surface area contributed by atoms with Crippen LogP contribution in [0.2, 0.25) is 0 Å². The number of fused-ring (bicyclic) bond motifs is 1. The smallest absolute Gasteiger partial charge is 0.280 e. The summed E-state index contributed by atoms with van der Waals surface area (Å²) in [6.07, 6.45) is 1.55. The number of hydrogen-bond donors (Lipinski definition) is 1. The zero-order chi connectivity index (χ0) is 10.1. The molecular formula is C6H7N5OP2. The van der Waals surface area contributed by atoms with Gasteiger partial charge in [-0.25, -0.2) is 4.98 Å². The standard InChI is InChI=1S/C6H7N5OP2/c1-11-2-7-3-4(11)8-6(10-14-13)9-5(3)12/h2H,13H2,1H3,(H,8,9,12). The van der Waals surface area contributed by atoms with Gasteiger partial charge in [-0.3, -0.25) is 9.78 Å². The number of nitrogens with one attached hydrogen (secondary N) is 1. The van der Waals surface area contributed by atoms with Gasteiger partial charge in [0.05, 0.1) is 6.33 Å². The lowest BCUT2D eigenvalue weighted by Gasteiger charge is -1.94. The highest BCUT2D eigenvalue weighted by atomic mass is 32.0. The van der Waals surface area contributed by atoms with Crippen LogP contribution in [0.25, 0.3) is 11.2 Å². The Hall–Kier alpha value is -1.12. The van der Waals surface area contributed by atoms with Crippen LogP contribution in [0.3, 0.4) is 0 Å². The molecule has 1 unspecified atom stereocenters. The third-order valence-corrected chi connectivity index (χ3v) is 2.36. The number of nitrogens with zero attached hydrogens (tertiary/aromatic N) is 4. The summed E-state index contributed by atoms with van der Waals surface area (Å²) < 4.78 is 5.65. The molecule has 8 heteroatoms. The number of imidazole rings is 1. The second kappa shape index (κ2) is 3.56. The Morgan fingerprint density at radius 1 is 1.71 bits per heavy atom. The van der Waals surface area contributed by atoms with E-state index in [9.17, 15) is 4.79 Å². The molecule has 0 aromatic carbocycles. The van der Waals surface area contributed by atoms with E-state index in [2.05, 4.69) is 28.6 Å². The molecule has 2 aromatic heterocycles. The number of hydrogen-bond acceptors (Lipinski definition) is 4. The summed E-state index contributed by atoms with van der Waals surface area (Å²) >= 11 is 0. The lowest BCUT2D eigenvalue weighted by Crippen LogP contribution is -2.07. The number of aryl methyl sites for hydroxylation is 1. The minimum absolute atomic E-state index is 0.261. The first-order valence-electron chi connectivity index (χ1n) is 3.74. The van der Waals surface area contributed by atoms with Crippen molar-refractivity contribution in [3.05, 3.63) is 16.7 Å². The first-order valence-corrected chi connectivity index (χ1v) is 6.21. The molecule has 2 aromatic rings. The van der Waals surface area contributed by atoms with Crippen molar-refractivity contribution >= 4 is 34.1 Å². The van der Waals surface area contributed by atoms with Crippen molar-refractivity contribution < 1.29 is 0 Å². The summed E-state index contributed by atoms with van der Waals surface area (Å²) in [7, 11) is 4.92. The molecule has 0 fully saturated rings. The number of rotatable bonds is 1. The van der Waals surface area contributed by atoms with E-state index in [1.54, 1.807) is 17.9 Å². The molecule has 1 atom stereocenters. The fourth-order valence-electron chi connectivity index (χ4n) is 1.11. The minimum Gasteiger partial charge on any atom is -0.318 e. The van der Waals surface area contributed by atoms with Crippen LogP contribution in [0.4, 0.5) is 5.95 Å². The van der Waals surface area contributed by atoms with E-state index in [1.807, 2.05) is 0 Å². The van der Waals surface area contributed by atoms with Gasteiger partial charge in [-0.2, -0.15) is 9.73 Å². The summed E-state index contributed by atoms with van der Waals surface area (Å²) in [5, 5.41) is 0. The number of aromatic amines is 1. The van der Waals surface area contributed by atoms with Gasteiger partial charge in [-0.15, -0.1) is 0 Å². The largest absolute Gasteiger partial charge is 0.318 e. The van der Waals surface area contributed by atoms with Crippen LogP contribution in [-0.4, -0.2) is 19.5 Å². The predicted molar refractivity (Wildman–Crippen MR) is 57.8 cm³/mol. The maximum Gasteiger partial charge on any atom is 0.280 e.